The fraction of sp³-hybridized carbons (Fsp3) is 0.231. The number of hydrogen-bond acceptors (Lipinski definition) is 3. The molecule has 0 radical (unpaired) electrons. The molecule has 6 nitrogen and oxygen atoms in total. The highest BCUT2D eigenvalue weighted by Gasteiger charge is 2.19. The van der Waals surface area contributed by atoms with Gasteiger partial charge in [-0.1, -0.05) is 12.0 Å². The van der Waals surface area contributed by atoms with Gasteiger partial charge in [0.2, 0.25) is 0 Å². The van der Waals surface area contributed by atoms with E-state index in [1.165, 1.54) is 0 Å². The second-order valence-corrected chi connectivity index (χ2v) is 3.73. The van der Waals surface area contributed by atoms with E-state index in [0.29, 0.717) is 11.3 Å². The maximum Gasteiger partial charge on any atom is 0.326 e. The van der Waals surface area contributed by atoms with Gasteiger partial charge in [0.1, 0.15) is 6.04 Å². The smallest absolute Gasteiger partial charge is 0.326 e. The zero-order valence-electron chi connectivity index (χ0n) is 10.1. The van der Waals surface area contributed by atoms with Crippen LogP contribution in [0.15, 0.2) is 24.3 Å². The van der Waals surface area contributed by atoms with Gasteiger partial charge in [-0.2, -0.15) is 0 Å². The molecule has 1 aromatic rings. The van der Waals surface area contributed by atoms with Crippen LogP contribution >= 0.6 is 0 Å². The Hall–Kier alpha value is -2.52. The van der Waals surface area contributed by atoms with Crippen LogP contribution in [0.5, 0.6) is 0 Å². The molecule has 19 heavy (non-hydrogen) atoms. The van der Waals surface area contributed by atoms with Crippen molar-refractivity contribution >= 4 is 17.7 Å². The van der Waals surface area contributed by atoms with Gasteiger partial charge < -0.3 is 20.8 Å². The summed E-state index contributed by atoms with van der Waals surface area (Å²) in [6.45, 7) is -0.330. The number of carboxylic acid groups (broad SMARTS) is 1. The molecule has 0 saturated carbocycles. The third-order valence-corrected chi connectivity index (χ3v) is 2.31. The number of nitrogens with one attached hydrogen (secondary N) is 2. The van der Waals surface area contributed by atoms with E-state index >= 15 is 0 Å². The highest BCUT2D eigenvalue weighted by atomic mass is 16.4. The molecule has 0 heterocycles. The molecule has 0 aliphatic rings. The Balaban J connectivity index is 2.63. The third-order valence-electron chi connectivity index (χ3n) is 2.31. The lowest BCUT2D eigenvalue weighted by Crippen LogP contribution is -2.43. The summed E-state index contributed by atoms with van der Waals surface area (Å²) >= 11 is 0. The SMILES string of the molecule is C#Cc1cccc(NC(=O)NC(CCO)C(=O)O)c1. The van der Waals surface area contributed by atoms with Crippen LogP contribution in [-0.4, -0.2) is 34.9 Å². The molecule has 6 heteroatoms. The van der Waals surface area contributed by atoms with Crippen molar-refractivity contribution in [1.29, 1.82) is 0 Å². The van der Waals surface area contributed by atoms with E-state index in [1.54, 1.807) is 24.3 Å². The number of aliphatic carboxylic acids is 1. The first-order valence-corrected chi connectivity index (χ1v) is 5.54. The summed E-state index contributed by atoms with van der Waals surface area (Å²) in [4.78, 5) is 22.4. The normalized spacial score (nSPS) is 11.2. The van der Waals surface area contributed by atoms with Crippen LogP contribution in [0.2, 0.25) is 0 Å². The first-order valence-electron chi connectivity index (χ1n) is 5.54. The number of amides is 2. The number of urea groups is 1. The molecular weight excluding hydrogens is 248 g/mol. The van der Waals surface area contributed by atoms with Gasteiger partial charge in [-0.05, 0) is 18.2 Å². The minimum absolute atomic E-state index is 0.0624. The summed E-state index contributed by atoms with van der Waals surface area (Å²) in [5.41, 5.74) is 1.06. The molecule has 1 aromatic carbocycles. The van der Waals surface area contributed by atoms with Gasteiger partial charge in [-0.15, -0.1) is 6.42 Å². The summed E-state index contributed by atoms with van der Waals surface area (Å²) in [5.74, 6) is 1.21. The number of carbonyl (C=O) groups is 2. The van der Waals surface area contributed by atoms with Gasteiger partial charge in [-0.3, -0.25) is 0 Å². The number of aliphatic hydroxyl groups excluding tert-OH is 1. The monoisotopic (exact) mass is 262 g/mol. The van der Waals surface area contributed by atoms with E-state index in [2.05, 4.69) is 16.6 Å². The van der Waals surface area contributed by atoms with Crippen LogP contribution in [0.4, 0.5) is 10.5 Å². The average Bonchev–Trinajstić information content (AvgIpc) is 2.38. The highest BCUT2D eigenvalue weighted by Crippen LogP contribution is 2.09. The number of carboxylic acids is 1. The predicted molar refractivity (Wildman–Crippen MR) is 69.7 cm³/mol. The zero-order valence-corrected chi connectivity index (χ0v) is 10.1. The number of benzene rings is 1. The van der Waals surface area contributed by atoms with Gasteiger partial charge in [-0.25, -0.2) is 9.59 Å². The van der Waals surface area contributed by atoms with Crippen molar-refractivity contribution in [3.8, 4) is 12.3 Å². The van der Waals surface area contributed by atoms with E-state index in [0.717, 1.165) is 0 Å². The van der Waals surface area contributed by atoms with Crippen LogP contribution in [0.3, 0.4) is 0 Å². The molecule has 0 aromatic heterocycles. The summed E-state index contributed by atoms with van der Waals surface area (Å²) in [6, 6.07) is 4.78. The first-order chi connectivity index (χ1) is 9.06. The van der Waals surface area contributed by atoms with Crippen molar-refractivity contribution in [3.63, 3.8) is 0 Å². The fourth-order valence-corrected chi connectivity index (χ4v) is 1.40. The van der Waals surface area contributed by atoms with Crippen LogP contribution in [-0.2, 0) is 4.79 Å². The number of aliphatic hydroxyl groups is 1. The molecular formula is C13H14N2O4. The lowest BCUT2D eigenvalue weighted by atomic mass is 10.2. The summed E-state index contributed by atoms with van der Waals surface area (Å²) in [5, 5.41) is 22.2. The van der Waals surface area contributed by atoms with Crippen LogP contribution < -0.4 is 10.6 Å². The lowest BCUT2D eigenvalue weighted by Gasteiger charge is -2.14. The van der Waals surface area contributed by atoms with E-state index in [1.807, 2.05) is 0 Å². The second-order valence-electron chi connectivity index (χ2n) is 3.73. The van der Waals surface area contributed by atoms with Gasteiger partial charge in [0.25, 0.3) is 0 Å². The number of terminal acetylenes is 1. The Kier molecular flexibility index (Phi) is 5.38. The number of carbonyl (C=O) groups excluding carboxylic acids is 1. The first kappa shape index (κ1) is 14.5. The van der Waals surface area contributed by atoms with E-state index in [-0.39, 0.29) is 13.0 Å². The molecule has 100 valence electrons. The Bertz CT molecular complexity index is 508. The molecule has 1 rings (SSSR count). The molecule has 1 atom stereocenters. The molecule has 1 unspecified atom stereocenters. The second kappa shape index (κ2) is 7.03. The van der Waals surface area contributed by atoms with Gasteiger partial charge in [0.15, 0.2) is 0 Å². The van der Waals surface area contributed by atoms with Crippen molar-refractivity contribution in [2.24, 2.45) is 0 Å². The largest absolute Gasteiger partial charge is 0.480 e. The summed E-state index contributed by atoms with van der Waals surface area (Å²) in [6.07, 6.45) is 5.16. The molecule has 0 aliphatic heterocycles. The van der Waals surface area contributed by atoms with Crippen LogP contribution in [0.1, 0.15) is 12.0 Å². The molecule has 0 saturated heterocycles. The molecule has 0 aliphatic carbocycles. The summed E-state index contributed by atoms with van der Waals surface area (Å²) < 4.78 is 0. The summed E-state index contributed by atoms with van der Waals surface area (Å²) in [7, 11) is 0. The Morgan fingerprint density at radius 1 is 1.42 bits per heavy atom. The van der Waals surface area contributed by atoms with Gasteiger partial charge >= 0.3 is 12.0 Å². The van der Waals surface area contributed by atoms with Crippen LogP contribution in [0.25, 0.3) is 0 Å². The van der Waals surface area contributed by atoms with Gasteiger partial charge in [0.05, 0.1) is 0 Å². The maximum atomic E-state index is 11.6. The predicted octanol–water partition coefficient (Wildman–Crippen LogP) is 0.625. The Morgan fingerprint density at radius 2 is 2.16 bits per heavy atom. The quantitative estimate of drug-likeness (QED) is 0.585. The average molecular weight is 262 g/mol. The lowest BCUT2D eigenvalue weighted by molar-refractivity contribution is -0.139. The Morgan fingerprint density at radius 3 is 2.74 bits per heavy atom. The number of rotatable bonds is 5. The maximum absolute atomic E-state index is 11.6. The molecule has 0 fully saturated rings. The minimum Gasteiger partial charge on any atom is -0.480 e. The molecule has 0 spiro atoms. The topological polar surface area (TPSA) is 98.7 Å². The highest BCUT2D eigenvalue weighted by molar-refractivity contribution is 5.92. The number of anilines is 1. The van der Waals surface area contributed by atoms with Crippen molar-refractivity contribution in [2.45, 2.75) is 12.5 Å². The molecule has 0 bridgehead atoms. The zero-order chi connectivity index (χ0) is 14.3. The third kappa shape index (κ3) is 4.69. The van der Waals surface area contributed by atoms with E-state index in [4.69, 9.17) is 16.6 Å². The van der Waals surface area contributed by atoms with Crippen molar-refractivity contribution in [2.75, 3.05) is 11.9 Å². The fourth-order valence-electron chi connectivity index (χ4n) is 1.40. The molecule has 4 N–H and O–H groups in total. The van der Waals surface area contributed by atoms with E-state index < -0.39 is 18.0 Å². The molecule has 2 amide bonds. The van der Waals surface area contributed by atoms with Crippen molar-refractivity contribution in [1.82, 2.24) is 5.32 Å². The number of hydrogen-bond donors (Lipinski definition) is 4. The Labute approximate surface area is 110 Å². The van der Waals surface area contributed by atoms with E-state index in [9.17, 15) is 9.59 Å². The van der Waals surface area contributed by atoms with Crippen LogP contribution in [0, 0.1) is 12.3 Å². The van der Waals surface area contributed by atoms with Crippen molar-refractivity contribution in [3.05, 3.63) is 29.8 Å². The standard InChI is InChI=1S/C13H14N2O4/c1-2-9-4-3-5-10(8-9)14-13(19)15-11(6-7-16)12(17)18/h1,3-5,8,11,16H,6-7H2,(H,17,18)(H2,14,15,19). The minimum atomic E-state index is -1.21. The van der Waals surface area contributed by atoms with Gasteiger partial charge in [0, 0.05) is 24.3 Å². The van der Waals surface area contributed by atoms with Crippen molar-refractivity contribution < 1.29 is 19.8 Å².